The summed E-state index contributed by atoms with van der Waals surface area (Å²) in [4.78, 5) is 1.74. The van der Waals surface area contributed by atoms with Gasteiger partial charge in [0.2, 0.25) is 0 Å². The Hall–Kier alpha value is -1.71. The highest BCUT2D eigenvalue weighted by Gasteiger charge is 2.25. The number of benzene rings is 2. The normalized spacial score (nSPS) is 19.5. The molecule has 1 aliphatic heterocycles. The number of rotatable bonds is 7. The van der Waals surface area contributed by atoms with Gasteiger partial charge in [-0.3, -0.25) is 0 Å². The highest BCUT2D eigenvalue weighted by molar-refractivity contribution is 5.44. The van der Waals surface area contributed by atoms with E-state index in [1.165, 1.54) is 56.4 Å². The molecule has 26 heavy (non-hydrogen) atoms. The molecule has 2 aromatic carbocycles. The fourth-order valence-electron chi connectivity index (χ4n) is 3.96. The van der Waals surface area contributed by atoms with Gasteiger partial charge in [0, 0.05) is 12.3 Å². The van der Waals surface area contributed by atoms with Crippen LogP contribution in [0, 0.1) is 0 Å². The van der Waals surface area contributed by atoms with Crippen molar-refractivity contribution in [3.63, 3.8) is 0 Å². The maximum atomic E-state index is 5.48. The van der Waals surface area contributed by atoms with Crippen molar-refractivity contribution in [3.8, 4) is 11.5 Å². The summed E-state index contributed by atoms with van der Waals surface area (Å²) < 4.78 is 10.8. The fraction of sp³-hybridized carbons (Fsp3) is 0.455. The van der Waals surface area contributed by atoms with Crippen LogP contribution in [0.25, 0.3) is 0 Å². The Morgan fingerprint density at radius 3 is 2.50 bits per heavy atom. The molecule has 2 atom stereocenters. The van der Waals surface area contributed by atoms with Crippen molar-refractivity contribution in [2.45, 2.75) is 31.6 Å². The molecule has 0 saturated carbocycles. The number of nitrogens with one attached hydrogen (secondary N) is 1. The van der Waals surface area contributed by atoms with Crippen LogP contribution in [-0.4, -0.2) is 33.9 Å². The van der Waals surface area contributed by atoms with Crippen LogP contribution >= 0.6 is 0 Å². The third-order valence-corrected chi connectivity index (χ3v) is 5.34. The van der Waals surface area contributed by atoms with Crippen LogP contribution in [0.1, 0.15) is 36.3 Å². The van der Waals surface area contributed by atoms with Crippen LogP contribution in [0.3, 0.4) is 0 Å². The molecule has 1 heterocycles. The van der Waals surface area contributed by atoms with Gasteiger partial charge in [-0.25, -0.2) is 0 Å². The lowest BCUT2D eigenvalue weighted by molar-refractivity contribution is -0.906. The van der Waals surface area contributed by atoms with E-state index < -0.39 is 0 Å². The molecule has 2 unspecified atom stereocenters. The largest absolute Gasteiger partial charge is 1.00 e. The zero-order valence-electron chi connectivity index (χ0n) is 15.8. The molecule has 3 nitrogen and oxygen atoms in total. The highest BCUT2D eigenvalue weighted by atomic mass is 35.5. The van der Waals surface area contributed by atoms with E-state index in [0.717, 1.165) is 11.5 Å². The van der Waals surface area contributed by atoms with E-state index in [2.05, 4.69) is 42.5 Å². The van der Waals surface area contributed by atoms with Gasteiger partial charge in [-0.05, 0) is 42.5 Å². The van der Waals surface area contributed by atoms with Crippen molar-refractivity contribution in [2.24, 2.45) is 0 Å². The van der Waals surface area contributed by atoms with E-state index in [4.69, 9.17) is 9.47 Å². The van der Waals surface area contributed by atoms with Gasteiger partial charge < -0.3 is 26.8 Å². The van der Waals surface area contributed by atoms with Gasteiger partial charge in [-0.1, -0.05) is 36.4 Å². The Morgan fingerprint density at radius 2 is 1.77 bits per heavy atom. The minimum atomic E-state index is 0. The van der Waals surface area contributed by atoms with Gasteiger partial charge in [-0.2, -0.15) is 0 Å². The van der Waals surface area contributed by atoms with E-state index in [9.17, 15) is 0 Å². The van der Waals surface area contributed by atoms with E-state index in [-0.39, 0.29) is 12.4 Å². The third kappa shape index (κ3) is 5.39. The Labute approximate surface area is 163 Å². The Kier molecular flexibility index (Phi) is 8.27. The minimum Gasteiger partial charge on any atom is -1.00 e. The molecule has 142 valence electrons. The molecular formula is C22H30ClNO2. The zero-order valence-corrected chi connectivity index (χ0v) is 16.6. The third-order valence-electron chi connectivity index (χ3n) is 5.34. The number of piperidine rings is 1. The highest BCUT2D eigenvalue weighted by Crippen LogP contribution is 2.32. The Bertz CT molecular complexity index is 662. The molecular weight excluding hydrogens is 346 g/mol. The molecule has 4 heteroatoms. The van der Waals surface area contributed by atoms with Crippen LogP contribution < -0.4 is 26.8 Å². The van der Waals surface area contributed by atoms with Gasteiger partial charge in [0.15, 0.2) is 11.5 Å². The molecule has 0 bridgehead atoms. The predicted octanol–water partition coefficient (Wildman–Crippen LogP) is 0.103. The topological polar surface area (TPSA) is 22.9 Å². The molecule has 3 rings (SSSR count). The van der Waals surface area contributed by atoms with Crippen molar-refractivity contribution >= 4 is 0 Å². The quantitative estimate of drug-likeness (QED) is 0.742. The van der Waals surface area contributed by atoms with Crippen molar-refractivity contribution in [3.05, 3.63) is 59.7 Å². The van der Waals surface area contributed by atoms with Gasteiger partial charge in [0.05, 0.1) is 33.9 Å². The number of likely N-dealkylation sites (tertiary alicyclic amines) is 1. The maximum Gasteiger partial charge on any atom is 0.161 e. The molecule has 0 aromatic heterocycles. The van der Waals surface area contributed by atoms with E-state index >= 15 is 0 Å². The molecule has 1 saturated heterocycles. The Balaban J connectivity index is 0.00000243. The lowest BCUT2D eigenvalue weighted by Gasteiger charge is -2.30. The lowest BCUT2D eigenvalue weighted by Crippen LogP contribution is -3.13. The van der Waals surface area contributed by atoms with Crippen LogP contribution in [0.4, 0.5) is 0 Å². The summed E-state index contributed by atoms with van der Waals surface area (Å²) in [6.07, 6.45) is 5.03. The van der Waals surface area contributed by atoms with Crippen LogP contribution in [0.5, 0.6) is 11.5 Å². The second-order valence-corrected chi connectivity index (χ2v) is 7.00. The van der Waals surface area contributed by atoms with Gasteiger partial charge in [0.1, 0.15) is 0 Å². The predicted molar refractivity (Wildman–Crippen MR) is 102 cm³/mol. The molecule has 2 aromatic rings. The molecule has 1 aliphatic rings. The van der Waals surface area contributed by atoms with Crippen molar-refractivity contribution in [2.75, 3.05) is 33.9 Å². The fourth-order valence-corrected chi connectivity index (χ4v) is 3.96. The average Bonchev–Trinajstić information content (AvgIpc) is 2.68. The maximum absolute atomic E-state index is 5.48. The second kappa shape index (κ2) is 10.4. The van der Waals surface area contributed by atoms with Crippen LogP contribution in [0.2, 0.25) is 0 Å². The number of hydrogen-bond donors (Lipinski definition) is 1. The van der Waals surface area contributed by atoms with Crippen molar-refractivity contribution in [1.29, 1.82) is 0 Å². The molecule has 1 fully saturated rings. The molecule has 0 spiro atoms. The summed E-state index contributed by atoms with van der Waals surface area (Å²) in [5.41, 5.74) is 2.84. The van der Waals surface area contributed by atoms with Crippen LogP contribution in [0.15, 0.2) is 48.5 Å². The van der Waals surface area contributed by atoms with Gasteiger partial charge >= 0.3 is 0 Å². The van der Waals surface area contributed by atoms with Crippen molar-refractivity contribution in [1.82, 2.24) is 0 Å². The summed E-state index contributed by atoms with van der Waals surface area (Å²) >= 11 is 0. The minimum absolute atomic E-state index is 0. The lowest BCUT2D eigenvalue weighted by atomic mass is 9.90. The number of hydrogen-bond acceptors (Lipinski definition) is 2. The number of ether oxygens (including phenoxy) is 2. The van der Waals surface area contributed by atoms with Crippen molar-refractivity contribution < 1.29 is 26.8 Å². The molecule has 0 amide bonds. The molecule has 0 aliphatic carbocycles. The monoisotopic (exact) mass is 375 g/mol. The first-order chi connectivity index (χ1) is 12.3. The number of halogens is 1. The van der Waals surface area contributed by atoms with E-state index in [1.807, 2.05) is 6.07 Å². The number of methoxy groups -OCH3 is 2. The first-order valence-electron chi connectivity index (χ1n) is 9.39. The average molecular weight is 376 g/mol. The summed E-state index contributed by atoms with van der Waals surface area (Å²) in [6, 6.07) is 17.2. The first-order valence-corrected chi connectivity index (χ1v) is 9.39. The summed E-state index contributed by atoms with van der Waals surface area (Å²) in [5, 5.41) is 0. The second-order valence-electron chi connectivity index (χ2n) is 7.00. The summed E-state index contributed by atoms with van der Waals surface area (Å²) in [7, 11) is 3.40. The molecule has 1 N–H and O–H groups in total. The van der Waals surface area contributed by atoms with Gasteiger partial charge in [0.25, 0.3) is 0 Å². The molecule has 0 radical (unpaired) electrons. The number of quaternary nitrogens is 1. The van der Waals surface area contributed by atoms with Gasteiger partial charge in [-0.15, -0.1) is 0 Å². The first kappa shape index (κ1) is 20.6. The SMILES string of the molecule is COc1ccc(C2CCC[NH+](CCCc3ccccc3)C2)cc1OC.[Cl-]. The standard InChI is InChI=1S/C22H29NO2.ClH/c1-24-21-13-12-19(16-22(21)25-2)20-11-7-15-23(17-20)14-6-10-18-8-4-3-5-9-18;/h3-5,8-9,12-13,16,20H,6-7,10-11,14-15,17H2,1-2H3;1H. The summed E-state index contributed by atoms with van der Waals surface area (Å²) in [5.74, 6) is 2.28. The smallest absolute Gasteiger partial charge is 0.161 e. The summed E-state index contributed by atoms with van der Waals surface area (Å²) in [6.45, 7) is 3.79. The van der Waals surface area contributed by atoms with Crippen LogP contribution in [-0.2, 0) is 6.42 Å². The number of aryl methyl sites for hydroxylation is 1. The van der Waals surface area contributed by atoms with E-state index in [0.29, 0.717) is 5.92 Å². The Morgan fingerprint density at radius 1 is 1.00 bits per heavy atom. The van der Waals surface area contributed by atoms with E-state index in [1.54, 1.807) is 19.1 Å². The zero-order chi connectivity index (χ0) is 17.5.